The number of hydrogen-bond donors (Lipinski definition) is 2. The number of benzene rings is 1. The summed E-state index contributed by atoms with van der Waals surface area (Å²) >= 11 is 0. The van der Waals surface area contributed by atoms with Gasteiger partial charge in [-0.15, -0.1) is 0 Å². The first-order chi connectivity index (χ1) is 9.61. The number of hydrogen-bond acceptors (Lipinski definition) is 4. The number of nitrogens with zero attached hydrogens (tertiary/aromatic N) is 2. The largest absolute Gasteiger partial charge is 0.373 e. The number of rotatable bonds is 5. The number of halogens is 1. The summed E-state index contributed by atoms with van der Waals surface area (Å²) in [7, 11) is 1.83. The molecule has 1 heterocycles. The summed E-state index contributed by atoms with van der Waals surface area (Å²) < 4.78 is 13.0. The molecule has 0 aliphatic rings. The maximum absolute atomic E-state index is 13.0. The third-order valence-electron chi connectivity index (χ3n) is 3.31. The van der Waals surface area contributed by atoms with Crippen molar-refractivity contribution >= 4 is 11.6 Å². The van der Waals surface area contributed by atoms with Crippen molar-refractivity contribution in [3.63, 3.8) is 0 Å². The molecule has 0 amide bonds. The first-order valence-electron chi connectivity index (χ1n) is 6.60. The number of anilines is 2. The van der Waals surface area contributed by atoms with Gasteiger partial charge in [0.1, 0.15) is 23.8 Å². The molecule has 0 fully saturated rings. The lowest BCUT2D eigenvalue weighted by Crippen LogP contribution is -2.10. The minimum Gasteiger partial charge on any atom is -0.373 e. The molecule has 0 unspecified atom stereocenters. The lowest BCUT2D eigenvalue weighted by Gasteiger charge is -2.11. The summed E-state index contributed by atoms with van der Waals surface area (Å²) in [6, 6.07) is 4.89. The van der Waals surface area contributed by atoms with Crippen LogP contribution in [0.4, 0.5) is 16.0 Å². The van der Waals surface area contributed by atoms with Crippen molar-refractivity contribution in [1.82, 2.24) is 9.97 Å². The topological polar surface area (TPSA) is 49.8 Å². The van der Waals surface area contributed by atoms with E-state index in [4.69, 9.17) is 0 Å². The molecule has 5 heteroatoms. The summed E-state index contributed by atoms with van der Waals surface area (Å²) in [5.41, 5.74) is 3.10. The summed E-state index contributed by atoms with van der Waals surface area (Å²) in [5.74, 6) is 1.45. The van der Waals surface area contributed by atoms with Crippen LogP contribution in [0.1, 0.15) is 16.7 Å². The quantitative estimate of drug-likeness (QED) is 0.880. The van der Waals surface area contributed by atoms with Crippen molar-refractivity contribution in [2.45, 2.75) is 20.3 Å². The molecule has 0 aliphatic carbocycles. The fourth-order valence-electron chi connectivity index (χ4n) is 2.14. The zero-order valence-electron chi connectivity index (χ0n) is 12.0. The lowest BCUT2D eigenvalue weighted by molar-refractivity contribution is 0.625. The van der Waals surface area contributed by atoms with Gasteiger partial charge in [-0.3, -0.25) is 0 Å². The average Bonchev–Trinajstić information content (AvgIpc) is 2.43. The second-order valence-electron chi connectivity index (χ2n) is 4.69. The van der Waals surface area contributed by atoms with Crippen molar-refractivity contribution in [2.75, 3.05) is 24.2 Å². The van der Waals surface area contributed by atoms with Crippen molar-refractivity contribution in [3.8, 4) is 0 Å². The molecule has 0 aliphatic heterocycles. The van der Waals surface area contributed by atoms with Crippen LogP contribution in [0.3, 0.4) is 0 Å². The lowest BCUT2D eigenvalue weighted by atomic mass is 10.1. The minimum absolute atomic E-state index is 0.190. The Morgan fingerprint density at radius 3 is 2.60 bits per heavy atom. The predicted octanol–water partition coefficient (Wildman–Crippen LogP) is 2.93. The Hall–Kier alpha value is -2.17. The van der Waals surface area contributed by atoms with Gasteiger partial charge >= 0.3 is 0 Å². The van der Waals surface area contributed by atoms with Gasteiger partial charge < -0.3 is 10.6 Å². The summed E-state index contributed by atoms with van der Waals surface area (Å²) in [5, 5.41) is 6.32. The molecule has 20 heavy (non-hydrogen) atoms. The van der Waals surface area contributed by atoms with Gasteiger partial charge in [0.25, 0.3) is 0 Å². The molecule has 0 bridgehead atoms. The molecule has 0 spiro atoms. The Morgan fingerprint density at radius 1 is 1.15 bits per heavy atom. The Kier molecular flexibility index (Phi) is 4.50. The molecule has 0 atom stereocenters. The van der Waals surface area contributed by atoms with E-state index in [0.29, 0.717) is 0 Å². The van der Waals surface area contributed by atoms with Crippen molar-refractivity contribution in [2.24, 2.45) is 0 Å². The highest BCUT2D eigenvalue weighted by atomic mass is 19.1. The van der Waals surface area contributed by atoms with E-state index in [1.807, 2.05) is 27.0 Å². The SMILES string of the molecule is CNc1ncnc(NCCc2ccc(F)cc2C)c1C. The van der Waals surface area contributed by atoms with Crippen molar-refractivity contribution < 1.29 is 4.39 Å². The van der Waals surface area contributed by atoms with Crippen LogP contribution in [0, 0.1) is 19.7 Å². The smallest absolute Gasteiger partial charge is 0.134 e. The molecule has 0 saturated carbocycles. The second-order valence-corrected chi connectivity index (χ2v) is 4.69. The molecule has 1 aromatic carbocycles. The highest BCUT2D eigenvalue weighted by Gasteiger charge is 2.05. The first kappa shape index (κ1) is 14.2. The summed E-state index contributed by atoms with van der Waals surface area (Å²) in [4.78, 5) is 8.38. The summed E-state index contributed by atoms with van der Waals surface area (Å²) in [6.45, 7) is 4.64. The Bertz CT molecular complexity index is 598. The average molecular weight is 274 g/mol. The highest BCUT2D eigenvalue weighted by molar-refractivity contribution is 5.56. The van der Waals surface area contributed by atoms with Gasteiger partial charge in [-0.05, 0) is 43.5 Å². The summed E-state index contributed by atoms with van der Waals surface area (Å²) in [6.07, 6.45) is 2.36. The molecule has 2 aromatic rings. The van der Waals surface area contributed by atoms with Crippen LogP contribution < -0.4 is 10.6 Å². The van der Waals surface area contributed by atoms with E-state index in [2.05, 4.69) is 20.6 Å². The number of aromatic nitrogens is 2. The van der Waals surface area contributed by atoms with E-state index in [1.54, 1.807) is 6.07 Å². The fourth-order valence-corrected chi connectivity index (χ4v) is 2.14. The van der Waals surface area contributed by atoms with Gasteiger partial charge in [-0.25, -0.2) is 14.4 Å². The van der Waals surface area contributed by atoms with Crippen LogP contribution in [-0.4, -0.2) is 23.6 Å². The monoisotopic (exact) mass is 274 g/mol. The molecule has 1 aromatic heterocycles. The minimum atomic E-state index is -0.190. The van der Waals surface area contributed by atoms with Gasteiger partial charge in [0, 0.05) is 19.2 Å². The van der Waals surface area contributed by atoms with Crippen molar-refractivity contribution in [1.29, 1.82) is 0 Å². The Labute approximate surface area is 118 Å². The molecule has 106 valence electrons. The maximum Gasteiger partial charge on any atom is 0.134 e. The van der Waals surface area contributed by atoms with Crippen LogP contribution in [-0.2, 0) is 6.42 Å². The van der Waals surface area contributed by atoms with Crippen LogP contribution in [0.25, 0.3) is 0 Å². The fraction of sp³-hybridized carbons (Fsp3) is 0.333. The number of aryl methyl sites for hydroxylation is 1. The molecule has 0 saturated heterocycles. The number of nitrogens with one attached hydrogen (secondary N) is 2. The van der Waals surface area contributed by atoms with Crippen molar-refractivity contribution in [3.05, 3.63) is 47.0 Å². The van der Waals surface area contributed by atoms with E-state index in [-0.39, 0.29) is 5.82 Å². The van der Waals surface area contributed by atoms with Crippen LogP contribution in [0.5, 0.6) is 0 Å². The van der Waals surface area contributed by atoms with Gasteiger partial charge in [-0.2, -0.15) is 0 Å². The zero-order valence-corrected chi connectivity index (χ0v) is 12.0. The molecule has 0 radical (unpaired) electrons. The highest BCUT2D eigenvalue weighted by Crippen LogP contribution is 2.17. The van der Waals surface area contributed by atoms with E-state index >= 15 is 0 Å². The Morgan fingerprint density at radius 2 is 1.90 bits per heavy atom. The first-order valence-corrected chi connectivity index (χ1v) is 6.60. The normalized spacial score (nSPS) is 10.4. The predicted molar refractivity (Wildman–Crippen MR) is 79.6 cm³/mol. The van der Waals surface area contributed by atoms with Gasteiger partial charge in [0.2, 0.25) is 0 Å². The van der Waals surface area contributed by atoms with E-state index in [9.17, 15) is 4.39 Å². The van der Waals surface area contributed by atoms with Crippen LogP contribution >= 0.6 is 0 Å². The van der Waals surface area contributed by atoms with E-state index in [0.717, 1.165) is 41.3 Å². The molecular formula is C15H19FN4. The third-order valence-corrected chi connectivity index (χ3v) is 3.31. The van der Waals surface area contributed by atoms with Gasteiger partial charge in [-0.1, -0.05) is 6.07 Å². The van der Waals surface area contributed by atoms with E-state index < -0.39 is 0 Å². The molecule has 2 rings (SSSR count). The van der Waals surface area contributed by atoms with Gasteiger partial charge in [0.15, 0.2) is 0 Å². The second kappa shape index (κ2) is 6.32. The van der Waals surface area contributed by atoms with Crippen LogP contribution in [0.15, 0.2) is 24.5 Å². The molecule has 2 N–H and O–H groups in total. The standard InChI is InChI=1S/C15H19FN4/c1-10-8-13(16)5-4-12(10)6-7-18-15-11(2)14(17-3)19-9-20-15/h4-5,8-9H,6-7H2,1-3H3,(H2,17,18,19,20). The third kappa shape index (κ3) is 3.23. The zero-order chi connectivity index (χ0) is 14.5. The van der Waals surface area contributed by atoms with Gasteiger partial charge in [0.05, 0.1) is 0 Å². The maximum atomic E-state index is 13.0. The van der Waals surface area contributed by atoms with E-state index in [1.165, 1.54) is 12.4 Å². The van der Waals surface area contributed by atoms with Crippen LogP contribution in [0.2, 0.25) is 0 Å². The Balaban J connectivity index is 1.99. The molecule has 4 nitrogen and oxygen atoms in total. The molecular weight excluding hydrogens is 255 g/mol.